The van der Waals surface area contributed by atoms with E-state index in [2.05, 4.69) is 25.8 Å². The van der Waals surface area contributed by atoms with Gasteiger partial charge in [-0.3, -0.25) is 9.78 Å². The molecule has 132 valence electrons. The number of nitrogens with zero attached hydrogens (tertiary/aromatic N) is 2. The lowest BCUT2D eigenvalue weighted by molar-refractivity contribution is -0.119. The highest BCUT2D eigenvalue weighted by Gasteiger charge is 2.37. The molecular formula is C20H23FN2O2. The summed E-state index contributed by atoms with van der Waals surface area (Å²) in [6.07, 6.45) is 2.19. The highest BCUT2D eigenvalue weighted by molar-refractivity contribution is 5.94. The summed E-state index contributed by atoms with van der Waals surface area (Å²) in [5.74, 6) is -0.725. The van der Waals surface area contributed by atoms with Crippen molar-refractivity contribution in [1.29, 1.82) is 0 Å². The van der Waals surface area contributed by atoms with Crippen molar-refractivity contribution in [2.75, 3.05) is 13.1 Å². The first-order valence-corrected chi connectivity index (χ1v) is 8.45. The summed E-state index contributed by atoms with van der Waals surface area (Å²) < 4.78 is 19.7. The molecular weight excluding hydrogens is 319 g/mol. The Kier molecular flexibility index (Phi) is 4.86. The average molecular weight is 342 g/mol. The largest absolute Gasteiger partial charge is 0.366 e. The van der Waals surface area contributed by atoms with Gasteiger partial charge in [-0.1, -0.05) is 51.1 Å². The molecule has 2 aromatic rings. The molecule has 1 aliphatic rings. The van der Waals surface area contributed by atoms with E-state index in [0.29, 0.717) is 13.1 Å². The van der Waals surface area contributed by atoms with E-state index in [1.54, 1.807) is 4.90 Å². The van der Waals surface area contributed by atoms with Gasteiger partial charge >= 0.3 is 0 Å². The van der Waals surface area contributed by atoms with E-state index in [1.165, 1.54) is 12.3 Å². The van der Waals surface area contributed by atoms with Gasteiger partial charge in [-0.25, -0.2) is 4.39 Å². The molecule has 0 unspecified atom stereocenters. The van der Waals surface area contributed by atoms with Crippen LogP contribution >= 0.6 is 0 Å². The Morgan fingerprint density at radius 1 is 1.20 bits per heavy atom. The van der Waals surface area contributed by atoms with Gasteiger partial charge in [0.05, 0.1) is 24.4 Å². The van der Waals surface area contributed by atoms with Gasteiger partial charge in [0.2, 0.25) is 0 Å². The summed E-state index contributed by atoms with van der Waals surface area (Å²) in [5.41, 5.74) is 1.18. The van der Waals surface area contributed by atoms with Gasteiger partial charge < -0.3 is 9.64 Å². The van der Waals surface area contributed by atoms with E-state index in [9.17, 15) is 9.18 Å². The van der Waals surface area contributed by atoms with Crippen molar-refractivity contribution in [2.24, 2.45) is 5.41 Å². The van der Waals surface area contributed by atoms with E-state index < -0.39 is 5.82 Å². The molecule has 1 aromatic carbocycles. The minimum absolute atomic E-state index is 0.114. The molecule has 4 nitrogen and oxygen atoms in total. The van der Waals surface area contributed by atoms with Crippen LogP contribution < -0.4 is 0 Å². The van der Waals surface area contributed by atoms with Gasteiger partial charge in [0.15, 0.2) is 0 Å². The van der Waals surface area contributed by atoms with E-state index in [-0.39, 0.29) is 29.1 Å². The summed E-state index contributed by atoms with van der Waals surface area (Å²) in [4.78, 5) is 18.4. The van der Waals surface area contributed by atoms with Crippen LogP contribution in [0.5, 0.6) is 0 Å². The van der Waals surface area contributed by atoms with E-state index >= 15 is 0 Å². The third kappa shape index (κ3) is 4.04. The fourth-order valence-corrected chi connectivity index (χ4v) is 2.97. The lowest BCUT2D eigenvalue weighted by atomic mass is 9.87. The van der Waals surface area contributed by atoms with Crippen LogP contribution in [0.2, 0.25) is 0 Å². The first kappa shape index (κ1) is 17.5. The summed E-state index contributed by atoms with van der Waals surface area (Å²) in [6, 6.07) is 11.1. The van der Waals surface area contributed by atoms with Crippen molar-refractivity contribution in [3.8, 4) is 0 Å². The van der Waals surface area contributed by atoms with Crippen molar-refractivity contribution in [1.82, 2.24) is 9.88 Å². The molecule has 0 bridgehead atoms. The van der Waals surface area contributed by atoms with Crippen molar-refractivity contribution >= 4 is 5.91 Å². The predicted octanol–water partition coefficient (Wildman–Crippen LogP) is 3.85. The molecule has 0 N–H and O–H groups in total. The number of pyridine rings is 1. The summed E-state index contributed by atoms with van der Waals surface area (Å²) in [6.45, 7) is 7.19. The van der Waals surface area contributed by atoms with Crippen LogP contribution in [0.25, 0.3) is 0 Å². The van der Waals surface area contributed by atoms with Crippen molar-refractivity contribution in [3.63, 3.8) is 0 Å². The smallest absolute Gasteiger partial charge is 0.255 e. The van der Waals surface area contributed by atoms with Crippen molar-refractivity contribution < 1.29 is 13.9 Å². The maximum atomic E-state index is 13.4. The Morgan fingerprint density at radius 3 is 2.56 bits per heavy atom. The maximum absolute atomic E-state index is 13.4. The number of benzene rings is 1. The topological polar surface area (TPSA) is 42.4 Å². The number of ether oxygens (including phenoxy) is 1. The molecule has 5 heteroatoms. The van der Waals surface area contributed by atoms with Crippen molar-refractivity contribution in [3.05, 3.63) is 65.7 Å². The van der Waals surface area contributed by atoms with Crippen LogP contribution in [0, 0.1) is 11.2 Å². The van der Waals surface area contributed by atoms with Gasteiger partial charge in [-0.05, 0) is 17.0 Å². The lowest BCUT2D eigenvalue weighted by Gasteiger charge is -2.43. The number of rotatable bonds is 2. The fraction of sp³-hybridized carbons (Fsp3) is 0.400. The number of morpholine rings is 1. The minimum atomic E-state index is -0.508. The molecule has 2 heterocycles. The molecule has 0 radical (unpaired) electrons. The Hall–Kier alpha value is -2.27. The van der Waals surface area contributed by atoms with Crippen LogP contribution in [0.1, 0.15) is 42.8 Å². The van der Waals surface area contributed by atoms with E-state index in [1.807, 2.05) is 30.3 Å². The molecule has 0 saturated carbocycles. The van der Waals surface area contributed by atoms with Crippen molar-refractivity contribution in [2.45, 2.75) is 33.0 Å². The number of halogens is 1. The third-order valence-electron chi connectivity index (χ3n) is 4.48. The van der Waals surface area contributed by atoms with Crippen LogP contribution in [0.3, 0.4) is 0 Å². The summed E-state index contributed by atoms with van der Waals surface area (Å²) in [5, 5.41) is 0. The Morgan fingerprint density at radius 2 is 1.92 bits per heavy atom. The second kappa shape index (κ2) is 6.92. The van der Waals surface area contributed by atoms with Gasteiger partial charge in [0.1, 0.15) is 11.9 Å². The third-order valence-corrected chi connectivity index (χ3v) is 4.48. The predicted molar refractivity (Wildman–Crippen MR) is 93.6 cm³/mol. The van der Waals surface area contributed by atoms with E-state index in [4.69, 9.17) is 4.74 Å². The number of amides is 1. The molecule has 1 aliphatic heterocycles. The molecule has 25 heavy (non-hydrogen) atoms. The standard InChI is InChI=1S/C20H23FN2O2/c1-20(2,3)18-13-23(19(24)15-9-16(21)11-22-10-15)12-17(25-18)14-7-5-4-6-8-14/h4-11,17-18H,12-13H2,1-3H3/t17-,18+/m0/s1. The number of carbonyl (C=O) groups excluding carboxylic acids is 1. The second-order valence-electron chi connectivity index (χ2n) is 7.49. The quantitative estimate of drug-likeness (QED) is 0.832. The van der Waals surface area contributed by atoms with Gasteiger partial charge in [-0.2, -0.15) is 0 Å². The maximum Gasteiger partial charge on any atom is 0.255 e. The summed E-state index contributed by atoms with van der Waals surface area (Å²) in [7, 11) is 0. The highest BCUT2D eigenvalue weighted by atomic mass is 19.1. The molecule has 1 saturated heterocycles. The Bertz CT molecular complexity index is 743. The molecule has 2 atom stereocenters. The molecule has 0 aliphatic carbocycles. The molecule has 1 fully saturated rings. The number of aromatic nitrogens is 1. The Labute approximate surface area is 147 Å². The van der Waals surface area contributed by atoms with Crippen LogP contribution in [-0.4, -0.2) is 35.0 Å². The highest BCUT2D eigenvalue weighted by Crippen LogP contribution is 2.34. The summed E-state index contributed by atoms with van der Waals surface area (Å²) >= 11 is 0. The molecule has 3 rings (SSSR count). The second-order valence-corrected chi connectivity index (χ2v) is 7.49. The van der Waals surface area contributed by atoms with Gasteiger partial charge in [0, 0.05) is 12.7 Å². The lowest BCUT2D eigenvalue weighted by Crippen LogP contribution is -2.51. The monoisotopic (exact) mass is 342 g/mol. The van der Waals surface area contributed by atoms with Crippen LogP contribution in [-0.2, 0) is 4.74 Å². The molecule has 1 aromatic heterocycles. The number of hydrogen-bond acceptors (Lipinski definition) is 3. The SMILES string of the molecule is CC(C)(C)[C@H]1CN(C(=O)c2cncc(F)c2)C[C@@H](c2ccccc2)O1. The normalized spacial score (nSPS) is 21.2. The van der Waals surface area contributed by atoms with Gasteiger partial charge in [-0.15, -0.1) is 0 Å². The zero-order chi connectivity index (χ0) is 18.0. The zero-order valence-corrected chi connectivity index (χ0v) is 14.8. The molecule has 0 spiro atoms. The number of hydrogen-bond donors (Lipinski definition) is 0. The minimum Gasteiger partial charge on any atom is -0.366 e. The first-order valence-electron chi connectivity index (χ1n) is 8.45. The van der Waals surface area contributed by atoms with Crippen LogP contribution in [0.4, 0.5) is 4.39 Å². The van der Waals surface area contributed by atoms with Gasteiger partial charge in [0.25, 0.3) is 5.91 Å². The first-order chi connectivity index (χ1) is 11.8. The molecule has 1 amide bonds. The fourth-order valence-electron chi connectivity index (χ4n) is 2.97. The average Bonchev–Trinajstić information content (AvgIpc) is 2.60. The van der Waals surface area contributed by atoms with E-state index in [0.717, 1.165) is 11.8 Å². The Balaban J connectivity index is 1.88. The zero-order valence-electron chi connectivity index (χ0n) is 14.8. The number of carbonyl (C=O) groups is 1. The van der Waals surface area contributed by atoms with Crippen LogP contribution in [0.15, 0.2) is 48.8 Å².